The number of fused-ring (bicyclic) bond motifs is 2. The van der Waals surface area contributed by atoms with E-state index < -0.39 is 15.1 Å². The molecule has 1 saturated heterocycles. The number of nitrogens with one attached hydrogen (secondary N) is 1. The molecule has 0 aromatic heterocycles. The Hall–Kier alpha value is -3.37. The molecule has 36 heavy (non-hydrogen) atoms. The van der Waals surface area contributed by atoms with Crippen LogP contribution in [0.4, 0.5) is 20.2 Å². The van der Waals surface area contributed by atoms with Crippen molar-refractivity contribution in [1.29, 1.82) is 0 Å². The molecule has 0 amide bonds. The van der Waals surface area contributed by atoms with Crippen LogP contribution in [-0.2, 0) is 23.1 Å². The lowest BCUT2D eigenvalue weighted by atomic mass is 9.75. The number of nitro benzene ring substituents is 1. The first-order valence-electron chi connectivity index (χ1n) is 11.8. The van der Waals surface area contributed by atoms with Crippen molar-refractivity contribution in [3.8, 4) is 0 Å². The van der Waals surface area contributed by atoms with Gasteiger partial charge in [-0.1, -0.05) is 12.1 Å². The average molecular weight is 514 g/mol. The van der Waals surface area contributed by atoms with E-state index in [2.05, 4.69) is 4.72 Å². The lowest BCUT2D eigenvalue weighted by molar-refractivity contribution is -0.384. The smallest absolute Gasteiger partial charge is 0.271 e. The Morgan fingerprint density at radius 3 is 2.06 bits per heavy atom. The molecular formula is C26H25F2N3O4S. The molecule has 1 heterocycles. The molecule has 1 fully saturated rings. The van der Waals surface area contributed by atoms with Gasteiger partial charge in [0.15, 0.2) is 0 Å². The number of hydrogen-bond acceptors (Lipinski definition) is 4. The summed E-state index contributed by atoms with van der Waals surface area (Å²) in [6.07, 6.45) is 2.56. The molecule has 1 unspecified atom stereocenters. The van der Waals surface area contributed by atoms with Gasteiger partial charge in [0.1, 0.15) is 11.6 Å². The van der Waals surface area contributed by atoms with Crippen molar-refractivity contribution in [2.24, 2.45) is 5.92 Å². The number of piperidine rings is 1. The van der Waals surface area contributed by atoms with Crippen LogP contribution in [0.3, 0.4) is 0 Å². The Morgan fingerprint density at radius 1 is 0.917 bits per heavy atom. The molecule has 0 spiro atoms. The van der Waals surface area contributed by atoms with Gasteiger partial charge in [0, 0.05) is 31.1 Å². The van der Waals surface area contributed by atoms with Crippen molar-refractivity contribution in [1.82, 2.24) is 4.31 Å². The van der Waals surface area contributed by atoms with Crippen LogP contribution in [0.5, 0.6) is 0 Å². The summed E-state index contributed by atoms with van der Waals surface area (Å²) in [5.41, 5.74) is 3.73. The quantitative estimate of drug-likeness (QED) is 0.376. The minimum Gasteiger partial charge on any atom is -0.271 e. The number of non-ortho nitro benzene ring substituents is 1. The number of benzene rings is 3. The van der Waals surface area contributed by atoms with Gasteiger partial charge in [0.05, 0.1) is 10.6 Å². The fraction of sp³-hybridized carbons (Fsp3) is 0.308. The number of nitrogens with zero attached hydrogens (tertiary/aromatic N) is 2. The predicted octanol–water partition coefficient (Wildman–Crippen LogP) is 5.17. The Morgan fingerprint density at radius 2 is 1.50 bits per heavy atom. The number of nitro groups is 1. The van der Waals surface area contributed by atoms with E-state index in [-0.39, 0.29) is 41.4 Å². The van der Waals surface area contributed by atoms with Crippen molar-refractivity contribution in [2.45, 2.75) is 31.6 Å². The van der Waals surface area contributed by atoms with Crippen molar-refractivity contribution in [3.05, 3.63) is 105 Å². The van der Waals surface area contributed by atoms with E-state index in [9.17, 15) is 27.3 Å². The molecule has 188 valence electrons. The summed E-state index contributed by atoms with van der Waals surface area (Å²) < 4.78 is 58.6. The van der Waals surface area contributed by atoms with Crippen molar-refractivity contribution in [2.75, 3.05) is 17.8 Å². The highest BCUT2D eigenvalue weighted by Crippen LogP contribution is 2.43. The van der Waals surface area contributed by atoms with E-state index in [1.807, 2.05) is 0 Å². The standard InChI is InChI=1S/C26H25F2N3O4S/c27-20-5-11-24-17(14-20)3-4-18-15-21(28)6-12-25(18)26(24)19-2-1-13-30(16-19)36(34,35)29-22-7-9-23(10-8-22)31(32)33/h5-12,14-15,19,26,29H,1-4,13,16H2. The zero-order chi connectivity index (χ0) is 25.4. The maximum atomic E-state index is 14.1. The van der Waals surface area contributed by atoms with E-state index in [0.717, 1.165) is 28.7 Å². The molecule has 3 aromatic carbocycles. The van der Waals surface area contributed by atoms with Gasteiger partial charge in [-0.25, -0.2) is 8.78 Å². The van der Waals surface area contributed by atoms with E-state index in [1.165, 1.54) is 52.8 Å². The Kier molecular flexibility index (Phi) is 6.48. The van der Waals surface area contributed by atoms with Crippen LogP contribution in [0, 0.1) is 27.7 Å². The molecule has 0 radical (unpaired) electrons. The van der Waals surface area contributed by atoms with Crippen LogP contribution in [0.25, 0.3) is 0 Å². The lowest BCUT2D eigenvalue weighted by Gasteiger charge is -2.37. The number of anilines is 1. The van der Waals surface area contributed by atoms with Gasteiger partial charge in [-0.2, -0.15) is 12.7 Å². The first-order chi connectivity index (χ1) is 17.2. The molecule has 1 N–H and O–H groups in total. The third-order valence-electron chi connectivity index (χ3n) is 7.10. The second kappa shape index (κ2) is 9.59. The van der Waals surface area contributed by atoms with Gasteiger partial charge in [0.25, 0.3) is 5.69 Å². The third kappa shape index (κ3) is 4.83. The molecule has 0 saturated carbocycles. The molecule has 2 aliphatic rings. The Balaban J connectivity index is 1.45. The van der Waals surface area contributed by atoms with Crippen LogP contribution < -0.4 is 4.72 Å². The number of aryl methyl sites for hydroxylation is 2. The summed E-state index contributed by atoms with van der Waals surface area (Å²) in [6, 6.07) is 14.7. The van der Waals surface area contributed by atoms with E-state index in [0.29, 0.717) is 25.8 Å². The largest absolute Gasteiger partial charge is 0.301 e. The summed E-state index contributed by atoms with van der Waals surface area (Å²) in [7, 11) is -3.92. The summed E-state index contributed by atoms with van der Waals surface area (Å²) >= 11 is 0. The summed E-state index contributed by atoms with van der Waals surface area (Å²) in [4.78, 5) is 10.3. The monoisotopic (exact) mass is 513 g/mol. The van der Waals surface area contributed by atoms with Crippen molar-refractivity contribution < 1.29 is 22.1 Å². The second-order valence-corrected chi connectivity index (χ2v) is 11.0. The van der Waals surface area contributed by atoms with Crippen LogP contribution in [-0.4, -0.2) is 30.7 Å². The molecule has 3 aromatic rings. The molecule has 10 heteroatoms. The SMILES string of the molecule is O=[N+]([O-])c1ccc(NS(=O)(=O)N2CCCC(C3c4ccc(F)cc4CCc4cc(F)ccc43)C2)cc1. The molecule has 7 nitrogen and oxygen atoms in total. The van der Waals surface area contributed by atoms with Crippen LogP contribution in [0.2, 0.25) is 0 Å². The van der Waals surface area contributed by atoms with Crippen LogP contribution in [0.15, 0.2) is 60.7 Å². The van der Waals surface area contributed by atoms with Gasteiger partial charge in [0.2, 0.25) is 0 Å². The zero-order valence-corrected chi connectivity index (χ0v) is 20.2. The number of hydrogen-bond donors (Lipinski definition) is 1. The molecule has 0 bridgehead atoms. The minimum atomic E-state index is -3.92. The predicted molar refractivity (Wildman–Crippen MR) is 132 cm³/mol. The zero-order valence-electron chi connectivity index (χ0n) is 19.4. The van der Waals surface area contributed by atoms with Crippen molar-refractivity contribution in [3.63, 3.8) is 0 Å². The van der Waals surface area contributed by atoms with E-state index >= 15 is 0 Å². The second-order valence-electron chi connectivity index (χ2n) is 9.34. The summed E-state index contributed by atoms with van der Waals surface area (Å²) in [5, 5.41) is 10.9. The highest BCUT2D eigenvalue weighted by atomic mass is 32.2. The van der Waals surface area contributed by atoms with Crippen LogP contribution >= 0.6 is 0 Å². The van der Waals surface area contributed by atoms with Gasteiger partial charge in [-0.15, -0.1) is 0 Å². The van der Waals surface area contributed by atoms with Crippen molar-refractivity contribution >= 4 is 21.6 Å². The highest BCUT2D eigenvalue weighted by Gasteiger charge is 2.37. The van der Waals surface area contributed by atoms with Gasteiger partial charge < -0.3 is 0 Å². The highest BCUT2D eigenvalue weighted by molar-refractivity contribution is 7.90. The van der Waals surface area contributed by atoms with Gasteiger partial charge in [-0.3, -0.25) is 14.8 Å². The minimum absolute atomic E-state index is 0.0984. The maximum Gasteiger partial charge on any atom is 0.301 e. The lowest BCUT2D eigenvalue weighted by Crippen LogP contribution is -2.44. The van der Waals surface area contributed by atoms with Crippen LogP contribution in [0.1, 0.15) is 41.0 Å². The normalized spacial score (nSPS) is 18.7. The number of rotatable bonds is 5. The van der Waals surface area contributed by atoms with E-state index in [4.69, 9.17) is 0 Å². The molecule has 1 atom stereocenters. The maximum absolute atomic E-state index is 14.1. The summed E-state index contributed by atoms with van der Waals surface area (Å²) in [5.74, 6) is -0.954. The van der Waals surface area contributed by atoms with E-state index in [1.54, 1.807) is 12.1 Å². The third-order valence-corrected chi connectivity index (χ3v) is 8.61. The fourth-order valence-corrected chi connectivity index (χ4v) is 6.78. The summed E-state index contributed by atoms with van der Waals surface area (Å²) in [6.45, 7) is 0.568. The average Bonchev–Trinajstić information content (AvgIpc) is 3.00. The first-order valence-corrected chi connectivity index (χ1v) is 13.2. The Bertz CT molecular complexity index is 1360. The topological polar surface area (TPSA) is 92.5 Å². The fourth-order valence-electron chi connectivity index (χ4n) is 5.46. The number of halogens is 2. The first kappa shape index (κ1) is 24.3. The molecule has 1 aliphatic heterocycles. The molecule has 5 rings (SSSR count). The molecule has 1 aliphatic carbocycles. The van der Waals surface area contributed by atoms with Gasteiger partial charge >= 0.3 is 10.2 Å². The molecular weight excluding hydrogens is 488 g/mol. The Labute approximate surface area is 208 Å². The van der Waals surface area contributed by atoms with Gasteiger partial charge in [-0.05, 0) is 90.3 Å².